The fourth-order valence-corrected chi connectivity index (χ4v) is 3.27. The van der Waals surface area contributed by atoms with Crippen LogP contribution in [0.4, 0.5) is 0 Å². The predicted molar refractivity (Wildman–Crippen MR) is 123 cm³/mol. The van der Waals surface area contributed by atoms with Gasteiger partial charge in [0.1, 0.15) is 17.9 Å². The third-order valence-corrected chi connectivity index (χ3v) is 5.11. The molecule has 0 aliphatic carbocycles. The molecule has 0 saturated heterocycles. The van der Waals surface area contributed by atoms with E-state index in [4.69, 9.17) is 9.73 Å². The van der Waals surface area contributed by atoms with Crippen molar-refractivity contribution in [3.63, 3.8) is 0 Å². The topological polar surface area (TPSA) is 76.4 Å². The molecule has 0 aliphatic rings. The van der Waals surface area contributed by atoms with E-state index >= 15 is 0 Å². The van der Waals surface area contributed by atoms with Gasteiger partial charge in [-0.05, 0) is 31.0 Å². The number of aromatic nitrogens is 3. The number of nitrogens with zero attached hydrogens (tertiary/aromatic N) is 4. The second-order valence-electron chi connectivity index (χ2n) is 7.63. The van der Waals surface area contributed by atoms with Crippen molar-refractivity contribution in [2.45, 2.75) is 78.4 Å². The number of nitrogens with one attached hydrogen (secondary N) is 2. The summed E-state index contributed by atoms with van der Waals surface area (Å²) >= 11 is 0. The first kappa shape index (κ1) is 23.7. The number of benzene rings is 1. The average molecular weight is 415 g/mol. The normalized spacial score (nSPS) is 12.6. The Morgan fingerprint density at radius 3 is 2.67 bits per heavy atom. The van der Waals surface area contributed by atoms with Crippen molar-refractivity contribution in [2.75, 3.05) is 13.7 Å². The maximum Gasteiger partial charge on any atom is 0.191 e. The van der Waals surface area contributed by atoms with E-state index in [-0.39, 0.29) is 0 Å². The Bertz CT molecular complexity index is 740. The summed E-state index contributed by atoms with van der Waals surface area (Å²) in [7, 11) is 1.68. The number of unbranched alkanes of at least 4 members (excludes halogenated alkanes) is 3. The molecule has 166 valence electrons. The summed E-state index contributed by atoms with van der Waals surface area (Å²) in [6.45, 7) is 8.76. The molecular formula is C23H38N6O. The fraction of sp³-hybridized carbons (Fsp3) is 0.609. The van der Waals surface area contributed by atoms with Crippen molar-refractivity contribution in [1.82, 2.24) is 25.4 Å². The average Bonchev–Trinajstić information content (AvgIpc) is 3.23. The highest BCUT2D eigenvalue weighted by Gasteiger charge is 2.07. The van der Waals surface area contributed by atoms with E-state index in [0.717, 1.165) is 49.0 Å². The number of aliphatic imine (C=N–C) groups is 1. The predicted octanol–water partition coefficient (Wildman–Crippen LogP) is 3.94. The lowest BCUT2D eigenvalue weighted by Crippen LogP contribution is -2.43. The zero-order valence-corrected chi connectivity index (χ0v) is 19.0. The molecule has 2 aromatic rings. The molecule has 7 nitrogen and oxygen atoms in total. The monoisotopic (exact) mass is 414 g/mol. The van der Waals surface area contributed by atoms with E-state index < -0.39 is 0 Å². The van der Waals surface area contributed by atoms with Crippen LogP contribution in [0.15, 0.2) is 35.6 Å². The number of rotatable bonds is 13. The fourth-order valence-electron chi connectivity index (χ4n) is 3.27. The molecule has 1 aromatic heterocycles. The molecule has 1 aromatic carbocycles. The van der Waals surface area contributed by atoms with E-state index in [1.165, 1.54) is 25.7 Å². The van der Waals surface area contributed by atoms with Crippen LogP contribution in [0.25, 0.3) is 0 Å². The van der Waals surface area contributed by atoms with E-state index in [1.807, 2.05) is 12.1 Å². The van der Waals surface area contributed by atoms with Gasteiger partial charge in [0, 0.05) is 25.6 Å². The van der Waals surface area contributed by atoms with Gasteiger partial charge < -0.3 is 19.9 Å². The van der Waals surface area contributed by atoms with E-state index in [0.29, 0.717) is 12.6 Å². The van der Waals surface area contributed by atoms with Gasteiger partial charge in [-0.3, -0.25) is 0 Å². The zero-order valence-electron chi connectivity index (χ0n) is 19.0. The van der Waals surface area contributed by atoms with Crippen molar-refractivity contribution in [3.8, 4) is 5.75 Å². The molecule has 1 unspecified atom stereocenters. The molecule has 2 N–H and O–H groups in total. The molecule has 0 bridgehead atoms. The lowest BCUT2D eigenvalue weighted by Gasteiger charge is -2.19. The molecule has 30 heavy (non-hydrogen) atoms. The summed E-state index contributed by atoms with van der Waals surface area (Å²) < 4.78 is 7.32. The minimum absolute atomic E-state index is 0.380. The van der Waals surface area contributed by atoms with Crippen LogP contribution in [0.1, 0.15) is 64.3 Å². The van der Waals surface area contributed by atoms with Crippen molar-refractivity contribution in [3.05, 3.63) is 42.0 Å². The number of ether oxygens (including phenoxy) is 1. The first-order valence-electron chi connectivity index (χ1n) is 11.2. The molecule has 0 radical (unpaired) electrons. The lowest BCUT2D eigenvalue weighted by atomic mass is 10.1. The minimum Gasteiger partial charge on any atom is -0.497 e. The molecule has 1 atom stereocenters. The van der Waals surface area contributed by atoms with Gasteiger partial charge in [-0.1, -0.05) is 51.7 Å². The Kier molecular flexibility index (Phi) is 10.8. The highest BCUT2D eigenvalue weighted by atomic mass is 16.5. The van der Waals surface area contributed by atoms with Crippen LogP contribution in [0.3, 0.4) is 0 Å². The second-order valence-corrected chi connectivity index (χ2v) is 7.63. The molecule has 0 amide bonds. The van der Waals surface area contributed by atoms with Crippen LogP contribution < -0.4 is 15.4 Å². The standard InChI is InChI=1S/C23H38N6O/c1-5-7-8-9-10-19(3)27-23(24-15-16-29-18-26-28-22(29)6-2)25-17-20-11-13-21(30-4)14-12-20/h11-14,18-19H,5-10,15-17H2,1-4H3,(H2,24,25,27). The van der Waals surface area contributed by atoms with E-state index in [9.17, 15) is 0 Å². The van der Waals surface area contributed by atoms with Crippen LogP contribution in [-0.2, 0) is 19.5 Å². The quantitative estimate of drug-likeness (QED) is 0.295. The Morgan fingerprint density at radius 1 is 1.17 bits per heavy atom. The summed E-state index contributed by atoms with van der Waals surface area (Å²) in [6, 6.07) is 8.43. The summed E-state index contributed by atoms with van der Waals surface area (Å²) in [4.78, 5) is 4.81. The maximum atomic E-state index is 5.24. The summed E-state index contributed by atoms with van der Waals surface area (Å²) in [5.41, 5.74) is 1.15. The second kappa shape index (κ2) is 13.6. The van der Waals surface area contributed by atoms with Gasteiger partial charge in [-0.15, -0.1) is 10.2 Å². The number of guanidine groups is 1. The Morgan fingerprint density at radius 2 is 1.97 bits per heavy atom. The smallest absolute Gasteiger partial charge is 0.191 e. The summed E-state index contributed by atoms with van der Waals surface area (Å²) in [5, 5.41) is 15.2. The largest absolute Gasteiger partial charge is 0.497 e. The van der Waals surface area contributed by atoms with E-state index in [2.05, 4.69) is 58.3 Å². The molecule has 0 aliphatic heterocycles. The zero-order chi connectivity index (χ0) is 21.6. The highest BCUT2D eigenvalue weighted by Crippen LogP contribution is 2.12. The number of hydrogen-bond donors (Lipinski definition) is 2. The Labute approximate surface area is 181 Å². The number of aryl methyl sites for hydroxylation is 1. The molecule has 1 heterocycles. The molecule has 7 heteroatoms. The third-order valence-electron chi connectivity index (χ3n) is 5.11. The first-order chi connectivity index (χ1) is 14.7. The number of methoxy groups -OCH3 is 1. The molecular weight excluding hydrogens is 376 g/mol. The summed E-state index contributed by atoms with van der Waals surface area (Å²) in [6.07, 6.45) is 8.93. The Hall–Kier alpha value is -2.57. The van der Waals surface area contributed by atoms with Crippen LogP contribution >= 0.6 is 0 Å². The van der Waals surface area contributed by atoms with Gasteiger partial charge in [0.05, 0.1) is 13.7 Å². The molecule has 0 spiro atoms. The van der Waals surface area contributed by atoms with Gasteiger partial charge >= 0.3 is 0 Å². The first-order valence-corrected chi connectivity index (χ1v) is 11.2. The van der Waals surface area contributed by atoms with Gasteiger partial charge in [-0.2, -0.15) is 0 Å². The van der Waals surface area contributed by atoms with Crippen LogP contribution in [0.5, 0.6) is 5.75 Å². The number of hydrogen-bond acceptors (Lipinski definition) is 4. The molecule has 0 fully saturated rings. The van der Waals surface area contributed by atoms with Gasteiger partial charge in [0.15, 0.2) is 5.96 Å². The maximum absolute atomic E-state index is 5.24. The molecule has 2 rings (SSSR count). The minimum atomic E-state index is 0.380. The van der Waals surface area contributed by atoms with Crippen molar-refractivity contribution >= 4 is 5.96 Å². The van der Waals surface area contributed by atoms with E-state index in [1.54, 1.807) is 13.4 Å². The van der Waals surface area contributed by atoms with Gasteiger partial charge in [0.25, 0.3) is 0 Å². The van der Waals surface area contributed by atoms with Crippen LogP contribution in [-0.4, -0.2) is 40.4 Å². The molecule has 0 saturated carbocycles. The Balaban J connectivity index is 1.93. The lowest BCUT2D eigenvalue weighted by molar-refractivity contribution is 0.414. The van der Waals surface area contributed by atoms with Crippen molar-refractivity contribution < 1.29 is 4.74 Å². The highest BCUT2D eigenvalue weighted by molar-refractivity contribution is 5.80. The summed E-state index contributed by atoms with van der Waals surface area (Å²) in [5.74, 6) is 2.71. The van der Waals surface area contributed by atoms with Crippen LogP contribution in [0, 0.1) is 0 Å². The van der Waals surface area contributed by atoms with Gasteiger partial charge in [0.2, 0.25) is 0 Å². The van der Waals surface area contributed by atoms with Crippen molar-refractivity contribution in [1.29, 1.82) is 0 Å². The van der Waals surface area contributed by atoms with Gasteiger partial charge in [-0.25, -0.2) is 4.99 Å². The van der Waals surface area contributed by atoms with Crippen molar-refractivity contribution in [2.24, 2.45) is 4.99 Å². The SMILES string of the molecule is CCCCCCC(C)NC(=NCc1ccc(OC)cc1)NCCn1cnnc1CC. The van der Waals surface area contributed by atoms with Crippen LogP contribution in [0.2, 0.25) is 0 Å². The third kappa shape index (κ3) is 8.43.